The van der Waals surface area contributed by atoms with Gasteiger partial charge in [0, 0.05) is 24.0 Å². The quantitative estimate of drug-likeness (QED) is 0.354. The summed E-state index contributed by atoms with van der Waals surface area (Å²) in [6, 6.07) is 0.470. The van der Waals surface area contributed by atoms with Gasteiger partial charge in [-0.25, -0.2) is 5.43 Å². The third kappa shape index (κ3) is 0.980. The van der Waals surface area contributed by atoms with Gasteiger partial charge in [-0.2, -0.15) is 0 Å². The topological polar surface area (TPSA) is 62.1 Å². The van der Waals surface area contributed by atoms with Crippen molar-refractivity contribution in [3.8, 4) is 0 Å². The predicted octanol–water partition coefficient (Wildman–Crippen LogP) is -1.25. The van der Waals surface area contributed by atoms with Crippen LogP contribution in [0.3, 0.4) is 0 Å². The molecule has 0 bridgehead atoms. The largest absolute Gasteiger partial charge is 0.315 e. The fourth-order valence-corrected chi connectivity index (χ4v) is 2.06. The van der Waals surface area contributed by atoms with Crippen LogP contribution in [0.2, 0.25) is 0 Å². The Morgan fingerprint density at radius 2 is 2.09 bits per heavy atom. The van der Waals surface area contributed by atoms with Crippen LogP contribution in [0.4, 0.5) is 0 Å². The number of fused-ring (bicyclic) bond motifs is 1. The Balaban J connectivity index is 2.17. The van der Waals surface area contributed by atoms with Crippen molar-refractivity contribution in [3.05, 3.63) is 0 Å². The number of hydrogen-bond donors (Lipinski definition) is 4. The van der Waals surface area contributed by atoms with E-state index in [2.05, 4.69) is 30.0 Å². The lowest BCUT2D eigenvalue weighted by Gasteiger charge is -2.25. The maximum absolute atomic E-state index is 5.83. The first-order valence-corrected chi connectivity index (χ1v) is 4.13. The van der Waals surface area contributed by atoms with E-state index in [0.717, 1.165) is 6.54 Å². The van der Waals surface area contributed by atoms with Gasteiger partial charge in [-0.15, -0.1) is 0 Å². The zero-order valence-electron chi connectivity index (χ0n) is 7.02. The van der Waals surface area contributed by atoms with E-state index >= 15 is 0 Å². The summed E-state index contributed by atoms with van der Waals surface area (Å²) in [4.78, 5) is 0. The summed E-state index contributed by atoms with van der Waals surface area (Å²) in [6.07, 6.45) is 0.106. The monoisotopic (exact) mass is 156 g/mol. The van der Waals surface area contributed by atoms with E-state index in [1.54, 1.807) is 0 Å². The lowest BCUT2D eigenvalue weighted by molar-refractivity contribution is 0.350. The van der Waals surface area contributed by atoms with Gasteiger partial charge in [-0.1, -0.05) is 0 Å². The molecule has 4 heteroatoms. The van der Waals surface area contributed by atoms with Gasteiger partial charge in [-0.05, 0) is 13.8 Å². The Morgan fingerprint density at radius 3 is 2.73 bits per heavy atom. The van der Waals surface area contributed by atoms with Gasteiger partial charge in [0.05, 0.1) is 6.17 Å². The molecule has 2 fully saturated rings. The van der Waals surface area contributed by atoms with Crippen LogP contribution in [0.1, 0.15) is 13.8 Å². The highest BCUT2D eigenvalue weighted by molar-refractivity contribution is 5.07. The van der Waals surface area contributed by atoms with Crippen LogP contribution in [0, 0.1) is 5.92 Å². The molecule has 3 unspecified atom stereocenters. The zero-order chi connectivity index (χ0) is 8.06. The maximum atomic E-state index is 5.83. The number of rotatable bonds is 0. The highest BCUT2D eigenvalue weighted by Crippen LogP contribution is 2.27. The van der Waals surface area contributed by atoms with Crippen molar-refractivity contribution in [3.63, 3.8) is 0 Å². The van der Waals surface area contributed by atoms with Crippen molar-refractivity contribution < 1.29 is 0 Å². The fourth-order valence-electron chi connectivity index (χ4n) is 2.06. The Bertz CT molecular complexity index is 168. The van der Waals surface area contributed by atoms with Crippen LogP contribution in [0.5, 0.6) is 0 Å². The summed E-state index contributed by atoms with van der Waals surface area (Å²) in [5.74, 6) is 0.532. The second kappa shape index (κ2) is 2.17. The van der Waals surface area contributed by atoms with Crippen LogP contribution in [-0.4, -0.2) is 24.3 Å². The summed E-state index contributed by atoms with van der Waals surface area (Å²) in [5, 5.41) is 3.45. The average molecular weight is 156 g/mol. The SMILES string of the molecule is CC1(C)NCC2C(N)NNC21. The smallest absolute Gasteiger partial charge is 0.0736 e. The molecular weight excluding hydrogens is 140 g/mol. The van der Waals surface area contributed by atoms with Crippen molar-refractivity contribution >= 4 is 0 Å². The number of hydrogen-bond acceptors (Lipinski definition) is 4. The standard InChI is InChI=1S/C7H16N4/c1-7(2)5-4(3-9-7)6(8)11-10-5/h4-6,9-11H,3,8H2,1-2H3. The molecule has 2 aliphatic heterocycles. The van der Waals surface area contributed by atoms with E-state index in [9.17, 15) is 0 Å². The highest BCUT2D eigenvalue weighted by Gasteiger charge is 2.47. The molecule has 0 radical (unpaired) electrons. The van der Waals surface area contributed by atoms with Crippen molar-refractivity contribution in [2.24, 2.45) is 11.7 Å². The van der Waals surface area contributed by atoms with E-state index in [0.29, 0.717) is 12.0 Å². The Hall–Kier alpha value is -0.160. The van der Waals surface area contributed by atoms with Crippen molar-refractivity contribution in [1.29, 1.82) is 0 Å². The van der Waals surface area contributed by atoms with Gasteiger partial charge in [0.15, 0.2) is 0 Å². The Morgan fingerprint density at radius 1 is 1.36 bits per heavy atom. The summed E-state index contributed by atoms with van der Waals surface area (Å²) in [5.41, 5.74) is 12.3. The zero-order valence-corrected chi connectivity index (χ0v) is 7.02. The molecule has 11 heavy (non-hydrogen) atoms. The molecular formula is C7H16N4. The molecule has 3 atom stereocenters. The van der Waals surface area contributed by atoms with Gasteiger partial charge >= 0.3 is 0 Å². The van der Waals surface area contributed by atoms with Gasteiger partial charge in [0.2, 0.25) is 0 Å². The molecule has 0 saturated carbocycles. The van der Waals surface area contributed by atoms with Crippen LogP contribution in [-0.2, 0) is 0 Å². The molecule has 0 aromatic rings. The number of hydrazine groups is 1. The van der Waals surface area contributed by atoms with Gasteiger partial charge < -0.3 is 11.1 Å². The molecule has 4 nitrogen and oxygen atoms in total. The molecule has 2 aliphatic rings. The van der Waals surface area contributed by atoms with Crippen molar-refractivity contribution in [2.45, 2.75) is 31.6 Å². The summed E-state index contributed by atoms with van der Waals surface area (Å²) < 4.78 is 0. The van der Waals surface area contributed by atoms with E-state index < -0.39 is 0 Å². The minimum Gasteiger partial charge on any atom is -0.315 e. The minimum absolute atomic E-state index is 0.106. The summed E-state index contributed by atoms with van der Waals surface area (Å²) in [6.45, 7) is 5.41. The third-order valence-electron chi connectivity index (χ3n) is 2.87. The molecule has 64 valence electrons. The van der Waals surface area contributed by atoms with E-state index in [-0.39, 0.29) is 11.7 Å². The Kier molecular flexibility index (Phi) is 1.47. The number of nitrogens with two attached hydrogens (primary N) is 1. The minimum atomic E-state index is 0.106. The van der Waals surface area contributed by atoms with Crippen LogP contribution >= 0.6 is 0 Å². The lowest BCUT2D eigenvalue weighted by Crippen LogP contribution is -2.50. The summed E-state index contributed by atoms with van der Waals surface area (Å²) >= 11 is 0. The Labute approximate surface area is 66.9 Å². The molecule has 0 amide bonds. The van der Waals surface area contributed by atoms with Crippen molar-refractivity contribution in [1.82, 2.24) is 16.2 Å². The highest BCUT2D eigenvalue weighted by atomic mass is 15.5. The summed E-state index contributed by atoms with van der Waals surface area (Å²) in [7, 11) is 0. The second-order valence-electron chi connectivity index (χ2n) is 4.06. The number of nitrogens with one attached hydrogen (secondary N) is 3. The predicted molar refractivity (Wildman–Crippen MR) is 43.6 cm³/mol. The van der Waals surface area contributed by atoms with Crippen molar-refractivity contribution in [2.75, 3.05) is 6.54 Å². The molecule has 2 heterocycles. The second-order valence-corrected chi connectivity index (χ2v) is 4.06. The first-order chi connectivity index (χ1) is 5.11. The molecule has 2 rings (SSSR count). The first kappa shape index (κ1) is 7.49. The normalized spacial score (nSPS) is 47.7. The van der Waals surface area contributed by atoms with Gasteiger partial charge in [0.1, 0.15) is 0 Å². The molecule has 0 aromatic heterocycles. The molecule has 0 aromatic carbocycles. The van der Waals surface area contributed by atoms with E-state index in [4.69, 9.17) is 5.73 Å². The molecule has 0 aliphatic carbocycles. The van der Waals surface area contributed by atoms with E-state index in [1.165, 1.54) is 0 Å². The van der Waals surface area contributed by atoms with Crippen LogP contribution < -0.4 is 21.9 Å². The fraction of sp³-hybridized carbons (Fsp3) is 1.00. The molecule has 2 saturated heterocycles. The third-order valence-corrected chi connectivity index (χ3v) is 2.87. The van der Waals surface area contributed by atoms with Crippen LogP contribution in [0.25, 0.3) is 0 Å². The molecule has 0 spiro atoms. The van der Waals surface area contributed by atoms with Gasteiger partial charge in [-0.3, -0.25) is 5.43 Å². The van der Waals surface area contributed by atoms with Crippen LogP contribution in [0.15, 0.2) is 0 Å². The average Bonchev–Trinajstić information content (AvgIpc) is 2.39. The molecule has 5 N–H and O–H groups in total. The van der Waals surface area contributed by atoms with E-state index in [1.807, 2.05) is 0 Å². The maximum Gasteiger partial charge on any atom is 0.0736 e. The van der Waals surface area contributed by atoms with Gasteiger partial charge in [0.25, 0.3) is 0 Å². The lowest BCUT2D eigenvalue weighted by atomic mass is 9.91. The first-order valence-electron chi connectivity index (χ1n) is 4.13.